The third kappa shape index (κ3) is 7.85. The highest BCUT2D eigenvalue weighted by atomic mass is 28.4. The van der Waals surface area contributed by atoms with Gasteiger partial charge < -0.3 is 29.3 Å². The van der Waals surface area contributed by atoms with E-state index in [1.807, 2.05) is 0 Å². The molecule has 92 valence electrons. The van der Waals surface area contributed by atoms with Gasteiger partial charge in [0, 0.05) is 0 Å². The van der Waals surface area contributed by atoms with Gasteiger partial charge >= 0.3 is 8.56 Å². The fraction of sp³-hybridized carbons (Fsp3) is 1.00. The summed E-state index contributed by atoms with van der Waals surface area (Å²) >= 11 is 0. The average Bonchev–Trinajstić information content (AvgIpc) is 2.22. The van der Waals surface area contributed by atoms with Gasteiger partial charge in [0.1, 0.15) is 0 Å². The van der Waals surface area contributed by atoms with Gasteiger partial charge in [-0.25, -0.2) is 0 Å². The Morgan fingerprint density at radius 1 is 0.933 bits per heavy atom. The van der Waals surface area contributed by atoms with Gasteiger partial charge in [-0.1, -0.05) is 0 Å². The Morgan fingerprint density at radius 2 is 1.27 bits per heavy atom. The van der Waals surface area contributed by atoms with E-state index in [0.29, 0.717) is 0 Å². The van der Waals surface area contributed by atoms with Crippen molar-refractivity contribution in [2.75, 3.05) is 26.4 Å². The molecule has 0 spiro atoms. The molecular formula is C8H20O6Si. The lowest BCUT2D eigenvalue weighted by molar-refractivity contribution is 0.0173. The van der Waals surface area contributed by atoms with Crippen LogP contribution in [-0.4, -0.2) is 67.6 Å². The second-order valence-corrected chi connectivity index (χ2v) is 7.07. The van der Waals surface area contributed by atoms with Crippen molar-refractivity contribution in [3.63, 3.8) is 0 Å². The lowest BCUT2D eigenvalue weighted by Gasteiger charge is -2.25. The van der Waals surface area contributed by atoms with Crippen LogP contribution in [0.2, 0.25) is 13.1 Å². The Labute approximate surface area is 90.3 Å². The van der Waals surface area contributed by atoms with E-state index in [1.165, 1.54) is 0 Å². The van der Waals surface area contributed by atoms with Crippen molar-refractivity contribution >= 4 is 8.56 Å². The SMILES string of the molecule is C[Si](C)(OCC(O)CO)OCC(O)CO. The standard InChI is InChI=1S/C8H20O6Si/c1-15(2,13-5-7(11)3-9)14-6-8(12)4-10/h7-12H,3-6H2,1-2H3. The zero-order chi connectivity index (χ0) is 11.9. The molecule has 0 amide bonds. The minimum Gasteiger partial charge on any atom is -0.394 e. The molecule has 2 atom stereocenters. The molecule has 0 rings (SSSR count). The van der Waals surface area contributed by atoms with Crippen LogP contribution in [0.5, 0.6) is 0 Å². The van der Waals surface area contributed by atoms with Crippen molar-refractivity contribution < 1.29 is 29.3 Å². The summed E-state index contributed by atoms with van der Waals surface area (Å²) in [5.41, 5.74) is 0. The summed E-state index contributed by atoms with van der Waals surface area (Å²) in [7, 11) is -2.40. The number of hydrogen-bond acceptors (Lipinski definition) is 6. The Hall–Kier alpha value is -0.0231. The molecule has 0 radical (unpaired) electrons. The van der Waals surface area contributed by atoms with Gasteiger partial charge in [-0.05, 0) is 13.1 Å². The highest BCUT2D eigenvalue weighted by Gasteiger charge is 2.26. The molecule has 4 N–H and O–H groups in total. The van der Waals surface area contributed by atoms with Gasteiger partial charge in [-0.15, -0.1) is 0 Å². The first-order chi connectivity index (χ1) is 6.91. The largest absolute Gasteiger partial charge is 0.394 e. The van der Waals surface area contributed by atoms with E-state index >= 15 is 0 Å². The molecule has 0 heterocycles. The maximum atomic E-state index is 9.05. The fourth-order valence-corrected chi connectivity index (χ4v) is 2.01. The Kier molecular flexibility index (Phi) is 7.27. The van der Waals surface area contributed by atoms with Crippen molar-refractivity contribution in [2.45, 2.75) is 25.3 Å². The second kappa shape index (κ2) is 7.28. The molecule has 0 saturated heterocycles. The first-order valence-corrected chi connectivity index (χ1v) is 7.58. The van der Waals surface area contributed by atoms with Crippen LogP contribution in [0.25, 0.3) is 0 Å². The molecule has 15 heavy (non-hydrogen) atoms. The van der Waals surface area contributed by atoms with E-state index < -0.39 is 20.8 Å². The molecule has 0 aliphatic carbocycles. The predicted octanol–water partition coefficient (Wildman–Crippen LogP) is -1.57. The number of rotatable bonds is 8. The van der Waals surface area contributed by atoms with Crippen LogP contribution < -0.4 is 0 Å². The topological polar surface area (TPSA) is 99.4 Å². The predicted molar refractivity (Wildman–Crippen MR) is 55.6 cm³/mol. The summed E-state index contributed by atoms with van der Waals surface area (Å²) in [6, 6.07) is 0. The van der Waals surface area contributed by atoms with E-state index in [-0.39, 0.29) is 26.4 Å². The fourth-order valence-electron chi connectivity index (χ4n) is 0.741. The molecule has 0 aliphatic rings. The van der Waals surface area contributed by atoms with E-state index in [4.69, 9.17) is 29.3 Å². The molecule has 0 saturated carbocycles. The van der Waals surface area contributed by atoms with E-state index in [1.54, 1.807) is 13.1 Å². The van der Waals surface area contributed by atoms with Gasteiger partial charge in [-0.2, -0.15) is 0 Å². The summed E-state index contributed by atoms with van der Waals surface area (Å²) < 4.78 is 10.6. The van der Waals surface area contributed by atoms with E-state index in [9.17, 15) is 0 Å². The number of aliphatic hydroxyl groups is 4. The molecule has 0 fully saturated rings. The minimum absolute atomic E-state index is 0.00490. The van der Waals surface area contributed by atoms with Crippen molar-refractivity contribution in [2.24, 2.45) is 0 Å². The van der Waals surface area contributed by atoms with Gasteiger partial charge in [0.15, 0.2) is 0 Å². The number of aliphatic hydroxyl groups excluding tert-OH is 4. The molecule has 0 aliphatic heterocycles. The molecule has 0 aromatic heterocycles. The van der Waals surface area contributed by atoms with Crippen LogP contribution in [-0.2, 0) is 8.85 Å². The average molecular weight is 240 g/mol. The molecule has 6 nitrogen and oxygen atoms in total. The zero-order valence-electron chi connectivity index (χ0n) is 9.09. The van der Waals surface area contributed by atoms with Crippen LogP contribution in [0.4, 0.5) is 0 Å². The summed E-state index contributed by atoms with van der Waals surface area (Å²) in [4.78, 5) is 0. The maximum absolute atomic E-state index is 9.05. The smallest absolute Gasteiger partial charge is 0.331 e. The zero-order valence-corrected chi connectivity index (χ0v) is 10.1. The van der Waals surface area contributed by atoms with Gasteiger partial charge in [-0.3, -0.25) is 0 Å². The van der Waals surface area contributed by atoms with E-state index in [2.05, 4.69) is 0 Å². The Morgan fingerprint density at radius 3 is 1.53 bits per heavy atom. The quantitative estimate of drug-likeness (QED) is 0.382. The van der Waals surface area contributed by atoms with Gasteiger partial charge in [0.05, 0.1) is 38.6 Å². The third-order valence-corrected chi connectivity index (χ3v) is 3.39. The number of hydrogen-bond donors (Lipinski definition) is 4. The molecule has 0 bridgehead atoms. The maximum Gasteiger partial charge on any atom is 0.331 e. The highest BCUT2D eigenvalue weighted by Crippen LogP contribution is 2.07. The van der Waals surface area contributed by atoms with Crippen molar-refractivity contribution in [3.8, 4) is 0 Å². The summed E-state index contributed by atoms with van der Waals surface area (Å²) in [5, 5.41) is 35.2. The summed E-state index contributed by atoms with van der Waals surface area (Å²) in [6.45, 7) is 2.80. The van der Waals surface area contributed by atoms with Crippen molar-refractivity contribution in [1.82, 2.24) is 0 Å². The molecule has 2 unspecified atom stereocenters. The third-order valence-electron chi connectivity index (χ3n) is 1.67. The molecule has 7 heteroatoms. The second-order valence-electron chi connectivity index (χ2n) is 3.69. The van der Waals surface area contributed by atoms with Crippen LogP contribution in [0, 0.1) is 0 Å². The van der Waals surface area contributed by atoms with Crippen LogP contribution in [0.15, 0.2) is 0 Å². The highest BCUT2D eigenvalue weighted by molar-refractivity contribution is 6.64. The van der Waals surface area contributed by atoms with Crippen LogP contribution in [0.3, 0.4) is 0 Å². The monoisotopic (exact) mass is 240 g/mol. The lowest BCUT2D eigenvalue weighted by atomic mass is 10.4. The first kappa shape index (κ1) is 15.0. The molecule has 0 aromatic carbocycles. The minimum atomic E-state index is -2.40. The normalized spacial score (nSPS) is 16.4. The van der Waals surface area contributed by atoms with Crippen molar-refractivity contribution in [3.05, 3.63) is 0 Å². The Balaban J connectivity index is 3.75. The lowest BCUT2D eigenvalue weighted by Crippen LogP contribution is -2.40. The van der Waals surface area contributed by atoms with Crippen LogP contribution >= 0.6 is 0 Å². The summed E-state index contributed by atoms with van der Waals surface area (Å²) in [6.07, 6.45) is -1.83. The molecular weight excluding hydrogens is 220 g/mol. The Bertz CT molecular complexity index is 149. The van der Waals surface area contributed by atoms with Crippen molar-refractivity contribution in [1.29, 1.82) is 0 Å². The van der Waals surface area contributed by atoms with Crippen LogP contribution in [0.1, 0.15) is 0 Å². The van der Waals surface area contributed by atoms with Gasteiger partial charge in [0.25, 0.3) is 0 Å². The van der Waals surface area contributed by atoms with E-state index in [0.717, 1.165) is 0 Å². The summed E-state index contributed by atoms with van der Waals surface area (Å²) in [5.74, 6) is 0. The van der Waals surface area contributed by atoms with Gasteiger partial charge in [0.2, 0.25) is 0 Å². The molecule has 0 aromatic rings. The first-order valence-electron chi connectivity index (χ1n) is 4.77.